The molecule has 118 valence electrons. The van der Waals surface area contributed by atoms with E-state index in [9.17, 15) is 9.59 Å². The molecule has 5 nitrogen and oxygen atoms in total. The lowest BCUT2D eigenvalue weighted by Crippen LogP contribution is -2.15. The molecule has 2 atom stereocenters. The molecular formula is C18H18N2O3. The second-order valence-electron chi connectivity index (χ2n) is 5.73. The highest BCUT2D eigenvalue weighted by molar-refractivity contribution is 6.07. The predicted molar refractivity (Wildman–Crippen MR) is 87.9 cm³/mol. The van der Waals surface area contributed by atoms with Crippen LogP contribution in [0.15, 0.2) is 42.5 Å². The summed E-state index contributed by atoms with van der Waals surface area (Å²) in [4.78, 5) is 23.8. The predicted octanol–water partition coefficient (Wildman–Crippen LogP) is 2.92. The van der Waals surface area contributed by atoms with Crippen molar-refractivity contribution < 1.29 is 14.3 Å². The van der Waals surface area contributed by atoms with E-state index in [2.05, 4.69) is 12.2 Å². The van der Waals surface area contributed by atoms with Gasteiger partial charge in [-0.3, -0.25) is 9.59 Å². The van der Waals surface area contributed by atoms with E-state index < -0.39 is 5.91 Å². The fourth-order valence-electron chi connectivity index (χ4n) is 2.71. The van der Waals surface area contributed by atoms with E-state index in [1.165, 1.54) is 0 Å². The van der Waals surface area contributed by atoms with Crippen molar-refractivity contribution in [2.45, 2.75) is 25.9 Å². The number of benzene rings is 2. The van der Waals surface area contributed by atoms with Crippen LogP contribution in [0.4, 0.5) is 5.69 Å². The summed E-state index contributed by atoms with van der Waals surface area (Å²) in [5.41, 5.74) is 7.65. The molecular weight excluding hydrogens is 292 g/mol. The van der Waals surface area contributed by atoms with Crippen molar-refractivity contribution >= 4 is 17.5 Å². The van der Waals surface area contributed by atoms with Crippen LogP contribution in [0, 0.1) is 0 Å². The highest BCUT2D eigenvalue weighted by Crippen LogP contribution is 2.40. The van der Waals surface area contributed by atoms with E-state index in [-0.39, 0.29) is 17.9 Å². The van der Waals surface area contributed by atoms with E-state index >= 15 is 0 Å². The van der Waals surface area contributed by atoms with Gasteiger partial charge < -0.3 is 15.8 Å². The summed E-state index contributed by atoms with van der Waals surface area (Å²) in [6, 6.07) is 12.1. The number of primary amides is 1. The molecule has 1 aliphatic heterocycles. The molecule has 5 heteroatoms. The van der Waals surface area contributed by atoms with Crippen molar-refractivity contribution in [3.05, 3.63) is 59.2 Å². The Balaban J connectivity index is 1.88. The Morgan fingerprint density at radius 3 is 2.61 bits per heavy atom. The summed E-state index contributed by atoms with van der Waals surface area (Å²) < 4.78 is 5.84. The smallest absolute Gasteiger partial charge is 0.259 e. The fraction of sp³-hybridized carbons (Fsp3) is 0.222. The molecule has 0 saturated carbocycles. The number of amides is 2. The first-order valence-electron chi connectivity index (χ1n) is 7.48. The number of para-hydroxylation sites is 1. The highest BCUT2D eigenvalue weighted by atomic mass is 16.5. The van der Waals surface area contributed by atoms with E-state index in [0.717, 1.165) is 5.56 Å². The Morgan fingerprint density at radius 2 is 1.87 bits per heavy atom. The van der Waals surface area contributed by atoms with E-state index in [4.69, 9.17) is 10.5 Å². The number of carbonyl (C=O) groups is 2. The van der Waals surface area contributed by atoms with Gasteiger partial charge in [0.15, 0.2) is 0 Å². The van der Waals surface area contributed by atoms with Crippen molar-refractivity contribution in [3.63, 3.8) is 0 Å². The number of anilines is 1. The zero-order valence-corrected chi connectivity index (χ0v) is 13.0. The van der Waals surface area contributed by atoms with Gasteiger partial charge in [-0.15, -0.1) is 0 Å². The average molecular weight is 310 g/mol. The lowest BCUT2D eigenvalue weighted by atomic mass is 9.97. The number of carbonyl (C=O) groups excluding carboxylic acids is 2. The molecule has 0 bridgehead atoms. The van der Waals surface area contributed by atoms with Crippen LogP contribution in [0.5, 0.6) is 5.75 Å². The van der Waals surface area contributed by atoms with Gasteiger partial charge in [0.25, 0.3) is 5.91 Å². The number of ether oxygens (including phenoxy) is 1. The quantitative estimate of drug-likeness (QED) is 0.914. The maximum absolute atomic E-state index is 12.6. The summed E-state index contributed by atoms with van der Waals surface area (Å²) >= 11 is 0. The molecule has 0 fully saturated rings. The van der Waals surface area contributed by atoms with Crippen LogP contribution in [-0.4, -0.2) is 17.9 Å². The minimum absolute atomic E-state index is 0.0390. The first-order valence-corrected chi connectivity index (χ1v) is 7.48. The van der Waals surface area contributed by atoms with E-state index in [0.29, 0.717) is 22.6 Å². The van der Waals surface area contributed by atoms with Crippen molar-refractivity contribution in [3.8, 4) is 5.75 Å². The molecule has 0 saturated heterocycles. The van der Waals surface area contributed by atoms with Gasteiger partial charge in [-0.1, -0.05) is 25.1 Å². The van der Waals surface area contributed by atoms with Crippen molar-refractivity contribution in [1.82, 2.24) is 0 Å². The average Bonchev–Trinajstić information content (AvgIpc) is 2.82. The van der Waals surface area contributed by atoms with Gasteiger partial charge in [-0.2, -0.15) is 0 Å². The van der Waals surface area contributed by atoms with Crippen molar-refractivity contribution in [1.29, 1.82) is 0 Å². The number of rotatable bonds is 3. The molecule has 2 aromatic carbocycles. The third-order valence-electron chi connectivity index (χ3n) is 4.19. The van der Waals surface area contributed by atoms with Gasteiger partial charge in [0, 0.05) is 22.7 Å². The van der Waals surface area contributed by atoms with Gasteiger partial charge in [0.2, 0.25) is 5.91 Å². The number of fused-ring (bicyclic) bond motifs is 1. The Labute approximate surface area is 134 Å². The summed E-state index contributed by atoms with van der Waals surface area (Å²) in [5.74, 6) is 0.0736. The first kappa shape index (κ1) is 15.1. The SMILES string of the molecule is C[C@@H]1Oc2c(C(=O)Nc3cccc(C(N)=O)c3)cccc2[C@H]1C. The van der Waals surface area contributed by atoms with Crippen LogP contribution in [0.3, 0.4) is 0 Å². The Hall–Kier alpha value is -2.82. The lowest BCUT2D eigenvalue weighted by molar-refractivity contribution is 0.0995. The zero-order valence-electron chi connectivity index (χ0n) is 13.0. The monoisotopic (exact) mass is 310 g/mol. The zero-order chi connectivity index (χ0) is 16.6. The summed E-state index contributed by atoms with van der Waals surface area (Å²) in [7, 11) is 0. The molecule has 0 aromatic heterocycles. The standard InChI is InChI=1S/C18H18N2O3/c1-10-11(2)23-16-14(10)7-4-8-15(16)18(22)20-13-6-3-5-12(9-13)17(19)21/h3-11H,1-2H3,(H2,19,21)(H,20,22)/t10-,11-/m0/s1. The molecule has 2 aromatic rings. The normalized spacial score (nSPS) is 18.9. The minimum atomic E-state index is -0.535. The molecule has 1 heterocycles. The molecule has 0 unspecified atom stereocenters. The Morgan fingerprint density at radius 1 is 1.13 bits per heavy atom. The van der Waals surface area contributed by atoms with E-state index in [1.54, 1.807) is 30.3 Å². The van der Waals surface area contributed by atoms with Gasteiger partial charge in [-0.05, 0) is 31.2 Å². The van der Waals surface area contributed by atoms with Crippen LogP contribution in [-0.2, 0) is 0 Å². The Kier molecular flexibility index (Phi) is 3.78. The van der Waals surface area contributed by atoms with Crippen molar-refractivity contribution in [2.75, 3.05) is 5.32 Å². The van der Waals surface area contributed by atoms with Crippen molar-refractivity contribution in [2.24, 2.45) is 5.73 Å². The largest absolute Gasteiger partial charge is 0.489 e. The van der Waals surface area contributed by atoms with Crippen LogP contribution in [0.1, 0.15) is 46.0 Å². The third-order valence-corrected chi connectivity index (χ3v) is 4.19. The fourth-order valence-corrected chi connectivity index (χ4v) is 2.71. The topological polar surface area (TPSA) is 81.4 Å². The minimum Gasteiger partial charge on any atom is -0.489 e. The van der Waals surface area contributed by atoms with Crippen LogP contribution in [0.2, 0.25) is 0 Å². The second-order valence-corrected chi connectivity index (χ2v) is 5.73. The number of nitrogens with two attached hydrogens (primary N) is 1. The second kappa shape index (κ2) is 5.76. The molecule has 0 radical (unpaired) electrons. The lowest BCUT2D eigenvalue weighted by Gasteiger charge is -2.10. The third kappa shape index (κ3) is 2.77. The van der Waals surface area contributed by atoms with Gasteiger partial charge in [0.1, 0.15) is 11.9 Å². The first-order chi connectivity index (χ1) is 11.0. The molecule has 0 aliphatic carbocycles. The number of hydrogen-bond donors (Lipinski definition) is 2. The molecule has 1 aliphatic rings. The van der Waals surface area contributed by atoms with E-state index in [1.807, 2.05) is 19.1 Å². The van der Waals surface area contributed by atoms with Crippen LogP contribution < -0.4 is 15.8 Å². The number of hydrogen-bond acceptors (Lipinski definition) is 3. The van der Waals surface area contributed by atoms with Crippen LogP contribution in [0.25, 0.3) is 0 Å². The number of nitrogens with one attached hydrogen (secondary N) is 1. The van der Waals surface area contributed by atoms with Gasteiger partial charge >= 0.3 is 0 Å². The maximum atomic E-state index is 12.6. The summed E-state index contributed by atoms with van der Waals surface area (Å²) in [6.45, 7) is 4.07. The molecule has 0 spiro atoms. The molecule has 3 rings (SSSR count). The highest BCUT2D eigenvalue weighted by Gasteiger charge is 2.31. The maximum Gasteiger partial charge on any atom is 0.259 e. The summed E-state index contributed by atoms with van der Waals surface area (Å²) in [6.07, 6.45) is 0.0390. The summed E-state index contributed by atoms with van der Waals surface area (Å²) in [5, 5.41) is 2.79. The molecule has 3 N–H and O–H groups in total. The molecule has 2 amide bonds. The Bertz CT molecular complexity index is 786. The molecule has 23 heavy (non-hydrogen) atoms. The van der Waals surface area contributed by atoms with Gasteiger partial charge in [-0.25, -0.2) is 0 Å². The van der Waals surface area contributed by atoms with Gasteiger partial charge in [0.05, 0.1) is 5.56 Å². The van der Waals surface area contributed by atoms with Crippen LogP contribution >= 0.6 is 0 Å².